The summed E-state index contributed by atoms with van der Waals surface area (Å²) in [5.74, 6) is 1.57. The lowest BCUT2D eigenvalue weighted by Gasteiger charge is -2.25. The molecule has 0 aliphatic carbocycles. The molecule has 0 radical (unpaired) electrons. The van der Waals surface area contributed by atoms with E-state index in [0.29, 0.717) is 34.9 Å². The number of halogens is 1. The van der Waals surface area contributed by atoms with E-state index in [1.54, 1.807) is 12.1 Å². The highest BCUT2D eigenvalue weighted by Crippen LogP contribution is 2.20. The van der Waals surface area contributed by atoms with Gasteiger partial charge in [-0.05, 0) is 42.4 Å². The third-order valence-electron chi connectivity index (χ3n) is 3.66. The SMILES string of the molecule is Cc1ccc(Cl)cc1C(=O)NCC(C(C)C)C(C)C. The summed E-state index contributed by atoms with van der Waals surface area (Å²) in [5, 5.41) is 3.63. The highest BCUT2D eigenvalue weighted by Gasteiger charge is 2.19. The normalized spacial score (nSPS) is 11.4. The summed E-state index contributed by atoms with van der Waals surface area (Å²) in [7, 11) is 0. The minimum Gasteiger partial charge on any atom is -0.352 e. The molecule has 1 aromatic carbocycles. The molecule has 1 amide bonds. The Morgan fingerprint density at radius 3 is 2.32 bits per heavy atom. The van der Waals surface area contributed by atoms with Gasteiger partial charge in [0.1, 0.15) is 0 Å². The van der Waals surface area contributed by atoms with E-state index in [4.69, 9.17) is 11.6 Å². The maximum absolute atomic E-state index is 12.2. The van der Waals surface area contributed by atoms with E-state index in [1.165, 1.54) is 0 Å². The number of hydrogen-bond acceptors (Lipinski definition) is 1. The number of aryl methyl sites for hydroxylation is 1. The second kappa shape index (κ2) is 6.95. The molecule has 0 aliphatic heterocycles. The van der Waals surface area contributed by atoms with Crippen molar-refractivity contribution in [3.63, 3.8) is 0 Å². The van der Waals surface area contributed by atoms with Crippen LogP contribution in [-0.4, -0.2) is 12.5 Å². The van der Waals surface area contributed by atoms with Crippen LogP contribution in [0.3, 0.4) is 0 Å². The van der Waals surface area contributed by atoms with Gasteiger partial charge in [-0.1, -0.05) is 45.4 Å². The van der Waals surface area contributed by atoms with E-state index in [1.807, 2.05) is 13.0 Å². The Balaban J connectivity index is 2.72. The molecule has 0 fully saturated rings. The summed E-state index contributed by atoms with van der Waals surface area (Å²) in [6, 6.07) is 5.41. The molecule has 0 spiro atoms. The Morgan fingerprint density at radius 2 is 1.79 bits per heavy atom. The largest absolute Gasteiger partial charge is 0.352 e. The summed E-state index contributed by atoms with van der Waals surface area (Å²) in [6.07, 6.45) is 0. The van der Waals surface area contributed by atoms with E-state index in [9.17, 15) is 4.79 Å². The number of carbonyl (C=O) groups excluding carboxylic acids is 1. The van der Waals surface area contributed by atoms with Gasteiger partial charge in [0.2, 0.25) is 0 Å². The second-order valence-electron chi connectivity index (χ2n) is 5.82. The first-order chi connectivity index (χ1) is 8.82. The predicted octanol–water partition coefficient (Wildman–Crippen LogP) is 4.31. The van der Waals surface area contributed by atoms with Crippen molar-refractivity contribution in [3.05, 3.63) is 34.3 Å². The molecule has 0 aromatic heterocycles. The van der Waals surface area contributed by atoms with Crippen molar-refractivity contribution in [1.82, 2.24) is 5.32 Å². The van der Waals surface area contributed by atoms with Crippen molar-refractivity contribution in [2.75, 3.05) is 6.54 Å². The summed E-state index contributed by atoms with van der Waals surface area (Å²) in [4.78, 5) is 12.2. The minimum atomic E-state index is -0.0358. The molecule has 0 saturated heterocycles. The molecular formula is C16H24ClNO. The minimum absolute atomic E-state index is 0.0358. The zero-order valence-corrected chi connectivity index (χ0v) is 13.2. The average molecular weight is 282 g/mol. The van der Waals surface area contributed by atoms with Crippen LogP contribution in [0, 0.1) is 24.7 Å². The molecule has 0 unspecified atom stereocenters. The van der Waals surface area contributed by atoms with Crippen molar-refractivity contribution in [2.24, 2.45) is 17.8 Å². The van der Waals surface area contributed by atoms with E-state index >= 15 is 0 Å². The Labute approximate surface area is 121 Å². The first-order valence-electron chi connectivity index (χ1n) is 6.87. The quantitative estimate of drug-likeness (QED) is 0.856. The summed E-state index contributed by atoms with van der Waals surface area (Å²) < 4.78 is 0. The molecule has 0 bridgehead atoms. The smallest absolute Gasteiger partial charge is 0.251 e. The average Bonchev–Trinajstić information content (AvgIpc) is 2.31. The van der Waals surface area contributed by atoms with Crippen LogP contribution >= 0.6 is 11.6 Å². The van der Waals surface area contributed by atoms with Crippen molar-refractivity contribution >= 4 is 17.5 Å². The van der Waals surface area contributed by atoms with Gasteiger partial charge >= 0.3 is 0 Å². The number of hydrogen-bond donors (Lipinski definition) is 1. The first-order valence-corrected chi connectivity index (χ1v) is 7.25. The van der Waals surface area contributed by atoms with Crippen molar-refractivity contribution in [1.29, 1.82) is 0 Å². The van der Waals surface area contributed by atoms with Gasteiger partial charge in [-0.3, -0.25) is 4.79 Å². The van der Waals surface area contributed by atoms with Gasteiger partial charge in [-0.25, -0.2) is 0 Å². The number of benzene rings is 1. The van der Waals surface area contributed by atoms with Gasteiger partial charge in [0.05, 0.1) is 0 Å². The number of nitrogens with one attached hydrogen (secondary N) is 1. The summed E-state index contributed by atoms with van der Waals surface area (Å²) >= 11 is 5.94. The van der Waals surface area contributed by atoms with E-state index < -0.39 is 0 Å². The molecule has 0 aliphatic rings. The van der Waals surface area contributed by atoms with Crippen LogP contribution in [0.2, 0.25) is 5.02 Å². The number of amides is 1. The maximum atomic E-state index is 12.2. The third-order valence-corrected chi connectivity index (χ3v) is 3.89. The standard InChI is InChI=1S/C16H24ClNO/c1-10(2)15(11(3)4)9-18-16(19)14-8-13(17)7-6-12(14)5/h6-8,10-11,15H,9H2,1-5H3,(H,18,19). The van der Waals surface area contributed by atoms with E-state index in [2.05, 4.69) is 33.0 Å². The van der Waals surface area contributed by atoms with Crippen LogP contribution in [0.25, 0.3) is 0 Å². The van der Waals surface area contributed by atoms with Crippen LogP contribution in [-0.2, 0) is 0 Å². The predicted molar refractivity (Wildman–Crippen MR) is 81.7 cm³/mol. The van der Waals surface area contributed by atoms with Gasteiger partial charge < -0.3 is 5.32 Å². The van der Waals surface area contributed by atoms with Gasteiger partial charge in [0.15, 0.2) is 0 Å². The van der Waals surface area contributed by atoms with E-state index in [0.717, 1.165) is 5.56 Å². The van der Waals surface area contributed by atoms with Crippen LogP contribution in [0.1, 0.15) is 43.6 Å². The topological polar surface area (TPSA) is 29.1 Å². The molecule has 2 nitrogen and oxygen atoms in total. The molecule has 0 heterocycles. The fourth-order valence-corrected chi connectivity index (χ4v) is 2.56. The van der Waals surface area contributed by atoms with Crippen molar-refractivity contribution in [2.45, 2.75) is 34.6 Å². The van der Waals surface area contributed by atoms with Gasteiger partial charge in [-0.15, -0.1) is 0 Å². The third kappa shape index (κ3) is 4.54. The number of carbonyl (C=O) groups is 1. The van der Waals surface area contributed by atoms with Crippen LogP contribution < -0.4 is 5.32 Å². The molecule has 1 aromatic rings. The Kier molecular flexibility index (Phi) is 5.86. The molecule has 0 atom stereocenters. The van der Waals surface area contributed by atoms with Crippen molar-refractivity contribution in [3.8, 4) is 0 Å². The monoisotopic (exact) mass is 281 g/mol. The highest BCUT2D eigenvalue weighted by molar-refractivity contribution is 6.31. The first kappa shape index (κ1) is 16.0. The van der Waals surface area contributed by atoms with Crippen LogP contribution in [0.5, 0.6) is 0 Å². The van der Waals surface area contributed by atoms with Crippen LogP contribution in [0.15, 0.2) is 18.2 Å². The molecule has 0 saturated carbocycles. The molecular weight excluding hydrogens is 258 g/mol. The Hall–Kier alpha value is -1.02. The molecule has 3 heteroatoms. The molecule has 1 N–H and O–H groups in total. The van der Waals surface area contributed by atoms with Gasteiger partial charge in [0.25, 0.3) is 5.91 Å². The lowest BCUT2D eigenvalue weighted by Crippen LogP contribution is -2.34. The lowest BCUT2D eigenvalue weighted by molar-refractivity contribution is 0.0936. The molecule has 1 rings (SSSR count). The highest BCUT2D eigenvalue weighted by atomic mass is 35.5. The van der Waals surface area contributed by atoms with Crippen LogP contribution in [0.4, 0.5) is 0 Å². The summed E-state index contributed by atoms with van der Waals surface area (Å²) in [5.41, 5.74) is 1.62. The number of rotatable bonds is 5. The Morgan fingerprint density at radius 1 is 1.21 bits per heavy atom. The zero-order chi connectivity index (χ0) is 14.6. The van der Waals surface area contributed by atoms with Gasteiger partial charge in [-0.2, -0.15) is 0 Å². The molecule has 106 valence electrons. The fraction of sp³-hybridized carbons (Fsp3) is 0.562. The fourth-order valence-electron chi connectivity index (χ4n) is 2.39. The lowest BCUT2D eigenvalue weighted by atomic mass is 9.85. The zero-order valence-electron chi connectivity index (χ0n) is 12.5. The summed E-state index contributed by atoms with van der Waals surface area (Å²) in [6.45, 7) is 11.4. The van der Waals surface area contributed by atoms with Crippen molar-refractivity contribution < 1.29 is 4.79 Å². The van der Waals surface area contributed by atoms with E-state index in [-0.39, 0.29) is 5.91 Å². The van der Waals surface area contributed by atoms with Gasteiger partial charge in [0, 0.05) is 17.1 Å². The second-order valence-corrected chi connectivity index (χ2v) is 6.26. The Bertz CT molecular complexity index is 432. The maximum Gasteiger partial charge on any atom is 0.251 e. The molecule has 19 heavy (non-hydrogen) atoms.